The van der Waals surface area contributed by atoms with Crippen LogP contribution in [0, 0.1) is 13.8 Å². The Morgan fingerprint density at radius 2 is 1.80 bits per heavy atom. The second kappa shape index (κ2) is 9.26. The highest BCUT2D eigenvalue weighted by atomic mass is 32.1. The van der Waals surface area contributed by atoms with E-state index in [9.17, 15) is 4.79 Å². The van der Waals surface area contributed by atoms with E-state index in [2.05, 4.69) is 43.9 Å². The van der Waals surface area contributed by atoms with Crippen molar-refractivity contribution >= 4 is 40.4 Å². The fourth-order valence-electron chi connectivity index (χ4n) is 3.59. The van der Waals surface area contributed by atoms with Crippen LogP contribution in [0.15, 0.2) is 41.8 Å². The smallest absolute Gasteiger partial charge is 0.229 e. The van der Waals surface area contributed by atoms with Crippen LogP contribution < -0.4 is 15.5 Å². The van der Waals surface area contributed by atoms with Crippen LogP contribution >= 0.6 is 11.3 Å². The number of hydrogen-bond acceptors (Lipinski definition) is 6. The van der Waals surface area contributed by atoms with Crippen molar-refractivity contribution in [2.24, 2.45) is 0 Å². The van der Waals surface area contributed by atoms with Crippen molar-refractivity contribution in [1.82, 2.24) is 9.97 Å². The predicted octanol–water partition coefficient (Wildman–Crippen LogP) is 5.07. The zero-order valence-corrected chi connectivity index (χ0v) is 18.3. The number of thiophene rings is 1. The molecule has 6 nitrogen and oxygen atoms in total. The number of benzene rings is 1. The number of aryl methyl sites for hydroxylation is 3. The molecule has 1 fully saturated rings. The van der Waals surface area contributed by atoms with E-state index < -0.39 is 0 Å². The van der Waals surface area contributed by atoms with Gasteiger partial charge in [-0.15, -0.1) is 11.3 Å². The lowest BCUT2D eigenvalue weighted by molar-refractivity contribution is -0.116. The van der Waals surface area contributed by atoms with Crippen LogP contribution in [0.1, 0.15) is 35.4 Å². The molecule has 1 amide bonds. The minimum absolute atomic E-state index is 0.0285. The first-order valence-corrected chi connectivity index (χ1v) is 11.3. The van der Waals surface area contributed by atoms with Gasteiger partial charge >= 0.3 is 0 Å². The molecule has 1 saturated heterocycles. The monoisotopic (exact) mass is 421 g/mol. The van der Waals surface area contributed by atoms with Gasteiger partial charge in [-0.05, 0) is 74.4 Å². The molecule has 2 aromatic heterocycles. The Bertz CT molecular complexity index is 1010. The highest BCUT2D eigenvalue weighted by Gasteiger charge is 2.15. The van der Waals surface area contributed by atoms with Crippen molar-refractivity contribution < 1.29 is 4.79 Å². The average molecular weight is 422 g/mol. The number of amides is 1. The van der Waals surface area contributed by atoms with Gasteiger partial charge in [0.2, 0.25) is 11.9 Å². The van der Waals surface area contributed by atoms with Gasteiger partial charge in [0.1, 0.15) is 5.82 Å². The third-order valence-corrected chi connectivity index (χ3v) is 6.33. The van der Waals surface area contributed by atoms with Crippen LogP contribution in [0.25, 0.3) is 0 Å². The minimum Gasteiger partial charge on any atom is -0.356 e. The van der Waals surface area contributed by atoms with E-state index in [1.807, 2.05) is 37.3 Å². The minimum atomic E-state index is 0.0285. The molecule has 0 spiro atoms. The fraction of sp³-hybridized carbons (Fsp3) is 0.348. The molecule has 7 heteroatoms. The Morgan fingerprint density at radius 3 is 2.50 bits per heavy atom. The van der Waals surface area contributed by atoms with Gasteiger partial charge in [-0.3, -0.25) is 4.79 Å². The number of nitrogens with one attached hydrogen (secondary N) is 2. The maximum absolute atomic E-state index is 12.2. The van der Waals surface area contributed by atoms with Crippen molar-refractivity contribution in [3.05, 3.63) is 57.9 Å². The lowest BCUT2D eigenvalue weighted by atomic mass is 10.2. The van der Waals surface area contributed by atoms with Crippen LogP contribution in [-0.4, -0.2) is 29.0 Å². The maximum Gasteiger partial charge on any atom is 0.229 e. The number of hydrogen-bond donors (Lipinski definition) is 2. The van der Waals surface area contributed by atoms with Gasteiger partial charge in [-0.2, -0.15) is 4.98 Å². The molecule has 2 N–H and O–H groups in total. The van der Waals surface area contributed by atoms with Gasteiger partial charge in [-0.1, -0.05) is 0 Å². The fourth-order valence-corrected chi connectivity index (χ4v) is 4.50. The van der Waals surface area contributed by atoms with Gasteiger partial charge in [0, 0.05) is 47.5 Å². The standard InChI is InChI=1S/C23H27N5OS/c1-16-11-14-30-20(16)9-10-22(29)25-18-5-7-19(8-6-18)26-23-24-17(2)15-21(27-23)28-12-3-4-13-28/h5-8,11,14-15H,3-4,9-10,12-13H2,1-2H3,(H,25,29)(H,24,26,27). The van der Waals surface area contributed by atoms with Gasteiger partial charge in [0.05, 0.1) is 0 Å². The maximum atomic E-state index is 12.2. The number of carbonyl (C=O) groups is 1. The third-order valence-electron chi connectivity index (χ3n) is 5.24. The SMILES string of the molecule is Cc1cc(N2CCCC2)nc(Nc2ccc(NC(=O)CCc3sccc3C)cc2)n1. The Labute approximate surface area is 181 Å². The van der Waals surface area contributed by atoms with E-state index in [1.54, 1.807) is 11.3 Å². The molecule has 1 aliphatic rings. The number of nitrogens with zero attached hydrogens (tertiary/aromatic N) is 3. The van der Waals surface area contributed by atoms with Crippen molar-refractivity contribution in [2.45, 2.75) is 39.5 Å². The zero-order valence-electron chi connectivity index (χ0n) is 17.4. The first kappa shape index (κ1) is 20.3. The number of rotatable bonds is 7. The van der Waals surface area contributed by atoms with Crippen LogP contribution in [-0.2, 0) is 11.2 Å². The summed E-state index contributed by atoms with van der Waals surface area (Å²) in [7, 11) is 0. The summed E-state index contributed by atoms with van der Waals surface area (Å²) in [6, 6.07) is 11.8. The van der Waals surface area contributed by atoms with Crippen LogP contribution in [0.5, 0.6) is 0 Å². The highest BCUT2D eigenvalue weighted by Crippen LogP contribution is 2.23. The first-order chi connectivity index (χ1) is 14.6. The lowest BCUT2D eigenvalue weighted by Gasteiger charge is -2.17. The largest absolute Gasteiger partial charge is 0.356 e. The second-order valence-electron chi connectivity index (χ2n) is 7.66. The average Bonchev–Trinajstić information content (AvgIpc) is 3.39. The Hall–Kier alpha value is -2.93. The number of carbonyl (C=O) groups excluding carboxylic acids is 1. The second-order valence-corrected chi connectivity index (χ2v) is 8.66. The molecule has 1 aliphatic heterocycles. The molecule has 3 heterocycles. The van der Waals surface area contributed by atoms with Crippen molar-refractivity contribution in [3.63, 3.8) is 0 Å². The topological polar surface area (TPSA) is 70.2 Å². The Morgan fingerprint density at radius 1 is 1.07 bits per heavy atom. The normalized spacial score (nSPS) is 13.5. The van der Waals surface area contributed by atoms with Crippen molar-refractivity contribution in [3.8, 4) is 0 Å². The molecule has 0 radical (unpaired) electrons. The van der Waals surface area contributed by atoms with Gasteiger partial charge in [0.15, 0.2) is 0 Å². The summed E-state index contributed by atoms with van der Waals surface area (Å²) < 4.78 is 0. The predicted molar refractivity (Wildman–Crippen MR) is 124 cm³/mol. The van der Waals surface area contributed by atoms with E-state index in [-0.39, 0.29) is 5.91 Å². The number of aromatic nitrogens is 2. The van der Waals surface area contributed by atoms with E-state index in [1.165, 1.54) is 23.3 Å². The summed E-state index contributed by atoms with van der Waals surface area (Å²) in [5, 5.41) is 8.32. The number of anilines is 4. The molecule has 0 atom stereocenters. The molecular formula is C23H27N5OS. The van der Waals surface area contributed by atoms with Crippen molar-refractivity contribution in [2.75, 3.05) is 28.6 Å². The van der Waals surface area contributed by atoms with E-state index in [0.717, 1.165) is 42.4 Å². The van der Waals surface area contributed by atoms with E-state index >= 15 is 0 Å². The Balaban J connectivity index is 1.34. The van der Waals surface area contributed by atoms with Gasteiger partial charge in [-0.25, -0.2) is 4.98 Å². The molecule has 0 aliphatic carbocycles. The first-order valence-electron chi connectivity index (χ1n) is 10.4. The summed E-state index contributed by atoms with van der Waals surface area (Å²) in [5.41, 5.74) is 3.88. The summed E-state index contributed by atoms with van der Waals surface area (Å²) >= 11 is 1.71. The van der Waals surface area contributed by atoms with E-state index in [0.29, 0.717) is 12.4 Å². The van der Waals surface area contributed by atoms with E-state index in [4.69, 9.17) is 0 Å². The summed E-state index contributed by atoms with van der Waals surface area (Å²) in [4.78, 5) is 25.0. The lowest BCUT2D eigenvalue weighted by Crippen LogP contribution is -2.19. The summed E-state index contributed by atoms with van der Waals surface area (Å²) in [5.74, 6) is 1.60. The third kappa shape index (κ3) is 5.16. The Kier molecular flexibility index (Phi) is 6.28. The molecule has 30 heavy (non-hydrogen) atoms. The highest BCUT2D eigenvalue weighted by molar-refractivity contribution is 7.10. The quantitative estimate of drug-likeness (QED) is 0.557. The molecule has 4 rings (SSSR count). The van der Waals surface area contributed by atoms with Gasteiger partial charge < -0.3 is 15.5 Å². The summed E-state index contributed by atoms with van der Waals surface area (Å²) in [6.07, 6.45) is 3.69. The molecule has 0 bridgehead atoms. The van der Waals surface area contributed by atoms with Crippen LogP contribution in [0.2, 0.25) is 0 Å². The molecule has 0 saturated carbocycles. The van der Waals surface area contributed by atoms with Gasteiger partial charge in [0.25, 0.3) is 0 Å². The molecule has 1 aromatic carbocycles. The van der Waals surface area contributed by atoms with Crippen molar-refractivity contribution in [1.29, 1.82) is 0 Å². The molecule has 156 valence electrons. The zero-order chi connectivity index (χ0) is 20.9. The molecule has 0 unspecified atom stereocenters. The van der Waals surface area contributed by atoms with Crippen LogP contribution in [0.4, 0.5) is 23.1 Å². The molecular weight excluding hydrogens is 394 g/mol. The molecule has 3 aromatic rings. The van der Waals surface area contributed by atoms with Crippen LogP contribution in [0.3, 0.4) is 0 Å². The summed E-state index contributed by atoms with van der Waals surface area (Å²) in [6.45, 7) is 6.18.